The molecule has 1 aromatic heterocycles. The molecule has 3 aromatic rings. The predicted molar refractivity (Wildman–Crippen MR) is 128 cm³/mol. The van der Waals surface area contributed by atoms with Crippen molar-refractivity contribution in [1.29, 1.82) is 0 Å². The molecule has 2 aromatic carbocycles. The van der Waals surface area contributed by atoms with Gasteiger partial charge in [-0.2, -0.15) is 0 Å². The number of amides is 1. The van der Waals surface area contributed by atoms with Gasteiger partial charge in [0.2, 0.25) is 5.91 Å². The summed E-state index contributed by atoms with van der Waals surface area (Å²) >= 11 is 0. The number of aromatic nitrogens is 3. The fourth-order valence-corrected chi connectivity index (χ4v) is 6.49. The van der Waals surface area contributed by atoms with Gasteiger partial charge in [0.25, 0.3) is 0 Å². The molecule has 3 aliphatic rings. The molecule has 2 aliphatic carbocycles. The Bertz CT molecular complexity index is 1110. The van der Waals surface area contributed by atoms with Crippen molar-refractivity contribution >= 4 is 5.91 Å². The number of hydrogen-bond acceptors (Lipinski definition) is 3. The molecular formula is C28H32N4O. The minimum atomic E-state index is -0.302. The van der Waals surface area contributed by atoms with Crippen LogP contribution in [-0.4, -0.2) is 38.7 Å². The number of rotatable bonds is 5. The molecule has 1 spiro atoms. The molecule has 1 amide bonds. The molecule has 2 heterocycles. The van der Waals surface area contributed by atoms with E-state index in [0.29, 0.717) is 5.91 Å². The molecule has 1 saturated heterocycles. The SMILES string of the molecule is O=C(N1CC(c2nncn2Cc2ccccc2)C2(CCCCC2)C1)C1(c2ccccc2)CC1. The smallest absolute Gasteiger partial charge is 0.233 e. The topological polar surface area (TPSA) is 51.0 Å². The van der Waals surface area contributed by atoms with Crippen molar-refractivity contribution in [3.63, 3.8) is 0 Å². The molecule has 1 aliphatic heterocycles. The lowest BCUT2D eigenvalue weighted by atomic mass is 9.67. The van der Waals surface area contributed by atoms with E-state index in [1.54, 1.807) is 0 Å². The van der Waals surface area contributed by atoms with Crippen molar-refractivity contribution in [3.05, 3.63) is 83.9 Å². The van der Waals surface area contributed by atoms with Crippen LogP contribution in [0.2, 0.25) is 0 Å². The second-order valence-corrected chi connectivity index (χ2v) is 10.4. The van der Waals surface area contributed by atoms with Gasteiger partial charge in [-0.3, -0.25) is 4.79 Å². The normalized spacial score (nSPS) is 23.0. The van der Waals surface area contributed by atoms with Gasteiger partial charge in [-0.05, 0) is 42.2 Å². The molecule has 1 unspecified atom stereocenters. The summed E-state index contributed by atoms with van der Waals surface area (Å²) in [6, 6.07) is 20.9. The van der Waals surface area contributed by atoms with Gasteiger partial charge in [0.1, 0.15) is 12.2 Å². The Morgan fingerprint density at radius 1 is 0.909 bits per heavy atom. The van der Waals surface area contributed by atoms with Gasteiger partial charge in [0.05, 0.1) is 12.0 Å². The van der Waals surface area contributed by atoms with Gasteiger partial charge in [-0.25, -0.2) is 0 Å². The maximum absolute atomic E-state index is 13.9. The molecule has 33 heavy (non-hydrogen) atoms. The second-order valence-electron chi connectivity index (χ2n) is 10.4. The van der Waals surface area contributed by atoms with Crippen LogP contribution in [0.4, 0.5) is 0 Å². The van der Waals surface area contributed by atoms with E-state index in [9.17, 15) is 4.79 Å². The largest absolute Gasteiger partial charge is 0.341 e. The van der Waals surface area contributed by atoms with Crippen LogP contribution < -0.4 is 0 Å². The average molecular weight is 441 g/mol. The molecule has 6 rings (SSSR count). The summed E-state index contributed by atoms with van der Waals surface area (Å²) in [6.07, 6.45) is 9.95. The van der Waals surface area contributed by atoms with Crippen LogP contribution >= 0.6 is 0 Å². The van der Waals surface area contributed by atoms with Gasteiger partial charge in [-0.15, -0.1) is 10.2 Å². The summed E-state index contributed by atoms with van der Waals surface area (Å²) in [5.74, 6) is 1.63. The molecule has 2 saturated carbocycles. The zero-order valence-corrected chi connectivity index (χ0v) is 19.2. The first kappa shape index (κ1) is 20.6. The Balaban J connectivity index is 1.31. The summed E-state index contributed by atoms with van der Waals surface area (Å²) in [5, 5.41) is 8.98. The molecule has 5 nitrogen and oxygen atoms in total. The number of benzene rings is 2. The summed E-state index contributed by atoms with van der Waals surface area (Å²) in [6.45, 7) is 2.40. The van der Waals surface area contributed by atoms with Gasteiger partial charge in [-0.1, -0.05) is 79.9 Å². The van der Waals surface area contributed by atoms with E-state index in [1.165, 1.54) is 43.2 Å². The van der Waals surface area contributed by atoms with E-state index in [2.05, 4.69) is 74.3 Å². The van der Waals surface area contributed by atoms with E-state index in [1.807, 2.05) is 12.4 Å². The van der Waals surface area contributed by atoms with Crippen LogP contribution in [-0.2, 0) is 16.8 Å². The summed E-state index contributed by atoms with van der Waals surface area (Å²) in [7, 11) is 0. The highest BCUT2D eigenvalue weighted by atomic mass is 16.2. The first-order valence-corrected chi connectivity index (χ1v) is 12.5. The zero-order chi connectivity index (χ0) is 22.3. The molecule has 3 fully saturated rings. The number of carbonyl (C=O) groups is 1. The van der Waals surface area contributed by atoms with Crippen molar-refractivity contribution in [2.45, 2.75) is 62.8 Å². The fourth-order valence-electron chi connectivity index (χ4n) is 6.49. The summed E-state index contributed by atoms with van der Waals surface area (Å²) in [5.41, 5.74) is 2.26. The first-order chi connectivity index (χ1) is 16.2. The van der Waals surface area contributed by atoms with Crippen molar-refractivity contribution < 1.29 is 4.79 Å². The molecule has 5 heteroatoms. The van der Waals surface area contributed by atoms with Crippen LogP contribution in [0.3, 0.4) is 0 Å². The predicted octanol–water partition coefficient (Wildman–Crippen LogP) is 4.93. The highest BCUT2D eigenvalue weighted by Crippen LogP contribution is 2.55. The number of nitrogens with zero attached hydrogens (tertiary/aromatic N) is 4. The van der Waals surface area contributed by atoms with Crippen LogP contribution in [0.25, 0.3) is 0 Å². The lowest BCUT2D eigenvalue weighted by Gasteiger charge is -2.37. The van der Waals surface area contributed by atoms with Crippen molar-refractivity contribution in [2.75, 3.05) is 13.1 Å². The second kappa shape index (κ2) is 8.12. The highest BCUT2D eigenvalue weighted by Gasteiger charge is 2.57. The third kappa shape index (κ3) is 3.58. The van der Waals surface area contributed by atoms with Crippen LogP contribution in [0.1, 0.15) is 67.8 Å². The van der Waals surface area contributed by atoms with Gasteiger partial charge >= 0.3 is 0 Å². The van der Waals surface area contributed by atoms with Gasteiger partial charge < -0.3 is 9.47 Å². The maximum atomic E-state index is 13.9. The zero-order valence-electron chi connectivity index (χ0n) is 19.2. The first-order valence-electron chi connectivity index (χ1n) is 12.5. The Morgan fingerprint density at radius 3 is 2.30 bits per heavy atom. The van der Waals surface area contributed by atoms with Crippen molar-refractivity contribution in [3.8, 4) is 0 Å². The summed E-state index contributed by atoms with van der Waals surface area (Å²) in [4.78, 5) is 16.1. The molecule has 0 bridgehead atoms. The van der Waals surface area contributed by atoms with Crippen molar-refractivity contribution in [1.82, 2.24) is 19.7 Å². The quantitative estimate of drug-likeness (QED) is 0.565. The van der Waals surface area contributed by atoms with E-state index >= 15 is 0 Å². The minimum absolute atomic E-state index is 0.127. The lowest BCUT2D eigenvalue weighted by Crippen LogP contribution is -2.39. The Kier molecular flexibility index (Phi) is 5.08. The van der Waals surface area contributed by atoms with Crippen LogP contribution in [0.5, 0.6) is 0 Å². The number of likely N-dealkylation sites (tertiary alicyclic amines) is 1. The Labute approximate surface area is 195 Å². The average Bonchev–Trinajstić information content (AvgIpc) is 3.44. The highest BCUT2D eigenvalue weighted by molar-refractivity contribution is 5.91. The lowest BCUT2D eigenvalue weighted by molar-refractivity contribution is -0.133. The standard InChI is InChI=1S/C28H32N4O/c33-26(28(16-17-28)23-12-6-2-7-13-23)31-19-24(27(20-31)14-8-3-9-15-27)25-30-29-21-32(25)18-22-10-4-1-5-11-22/h1-2,4-7,10-13,21,24H,3,8-9,14-20H2. The molecular weight excluding hydrogens is 408 g/mol. The molecule has 0 radical (unpaired) electrons. The Hall–Kier alpha value is -2.95. The number of carbonyl (C=O) groups excluding carboxylic acids is 1. The van der Waals surface area contributed by atoms with Gasteiger partial charge in [0.15, 0.2) is 0 Å². The summed E-state index contributed by atoms with van der Waals surface area (Å²) < 4.78 is 2.22. The van der Waals surface area contributed by atoms with Gasteiger partial charge in [0, 0.05) is 19.0 Å². The maximum Gasteiger partial charge on any atom is 0.233 e. The third-order valence-corrected chi connectivity index (χ3v) is 8.42. The van der Waals surface area contributed by atoms with Crippen LogP contribution in [0.15, 0.2) is 67.0 Å². The Morgan fingerprint density at radius 2 is 1.61 bits per heavy atom. The molecule has 0 N–H and O–H groups in total. The molecule has 170 valence electrons. The van der Waals surface area contributed by atoms with E-state index < -0.39 is 0 Å². The third-order valence-electron chi connectivity index (χ3n) is 8.42. The fraction of sp³-hybridized carbons (Fsp3) is 0.464. The van der Waals surface area contributed by atoms with Crippen molar-refractivity contribution in [2.24, 2.45) is 5.41 Å². The van der Waals surface area contributed by atoms with E-state index in [-0.39, 0.29) is 16.7 Å². The molecule has 1 atom stereocenters. The minimum Gasteiger partial charge on any atom is -0.341 e. The van der Waals surface area contributed by atoms with Crippen LogP contribution in [0, 0.1) is 5.41 Å². The van der Waals surface area contributed by atoms with E-state index in [0.717, 1.165) is 38.3 Å². The number of hydrogen-bond donors (Lipinski definition) is 0. The van der Waals surface area contributed by atoms with E-state index in [4.69, 9.17) is 0 Å². The monoisotopic (exact) mass is 440 g/mol.